The molecule has 0 radical (unpaired) electrons. The Kier molecular flexibility index (Phi) is 3.22. The van der Waals surface area contributed by atoms with Crippen molar-refractivity contribution in [3.63, 3.8) is 0 Å². The topological polar surface area (TPSA) is 43.8 Å². The Morgan fingerprint density at radius 2 is 2.18 bits per heavy atom. The van der Waals surface area contributed by atoms with Gasteiger partial charge in [-0.3, -0.25) is 4.68 Å². The molecule has 2 rings (SSSR count). The van der Waals surface area contributed by atoms with Crippen LogP contribution in [0.5, 0.6) is 0 Å². The van der Waals surface area contributed by atoms with Crippen molar-refractivity contribution >= 4 is 11.6 Å². The maximum absolute atomic E-state index is 6.34. The summed E-state index contributed by atoms with van der Waals surface area (Å²) in [7, 11) is 1.90. The molecule has 1 aromatic carbocycles. The van der Waals surface area contributed by atoms with E-state index in [1.807, 2.05) is 50.5 Å². The number of hydrogen-bond acceptors (Lipinski definition) is 2. The molecule has 0 aliphatic carbocycles. The molecule has 0 aliphatic rings. The second-order valence-electron chi connectivity index (χ2n) is 4.59. The van der Waals surface area contributed by atoms with Gasteiger partial charge in [-0.2, -0.15) is 5.10 Å². The van der Waals surface area contributed by atoms with Crippen molar-refractivity contribution in [2.24, 2.45) is 12.8 Å². The lowest BCUT2D eigenvalue weighted by atomic mass is 9.88. The number of halogens is 1. The lowest BCUT2D eigenvalue weighted by Crippen LogP contribution is -2.35. The molecule has 1 aromatic heterocycles. The quantitative estimate of drug-likeness (QED) is 0.908. The molecule has 0 amide bonds. The van der Waals surface area contributed by atoms with Crippen molar-refractivity contribution in [1.82, 2.24) is 9.78 Å². The summed E-state index contributed by atoms with van der Waals surface area (Å²) in [4.78, 5) is 0. The van der Waals surface area contributed by atoms with E-state index in [9.17, 15) is 0 Å². The van der Waals surface area contributed by atoms with Crippen molar-refractivity contribution in [3.05, 3.63) is 52.8 Å². The van der Waals surface area contributed by atoms with Crippen molar-refractivity contribution < 1.29 is 0 Å². The van der Waals surface area contributed by atoms with Crippen LogP contribution in [0.3, 0.4) is 0 Å². The van der Waals surface area contributed by atoms with Crippen LogP contribution in [-0.4, -0.2) is 9.78 Å². The third-order valence-corrected chi connectivity index (χ3v) is 3.04. The van der Waals surface area contributed by atoms with Crippen molar-refractivity contribution in [3.8, 4) is 0 Å². The summed E-state index contributed by atoms with van der Waals surface area (Å²) in [5.74, 6) is 0. The van der Waals surface area contributed by atoms with Crippen LogP contribution in [0.25, 0.3) is 0 Å². The molecule has 0 saturated heterocycles. The fraction of sp³-hybridized carbons (Fsp3) is 0.308. The summed E-state index contributed by atoms with van der Waals surface area (Å²) >= 11 is 5.98. The van der Waals surface area contributed by atoms with Crippen LogP contribution in [-0.2, 0) is 19.0 Å². The number of nitrogens with two attached hydrogens (primary N) is 1. The van der Waals surface area contributed by atoms with Gasteiger partial charge < -0.3 is 5.73 Å². The summed E-state index contributed by atoms with van der Waals surface area (Å²) in [6, 6.07) is 9.65. The van der Waals surface area contributed by atoms with Gasteiger partial charge in [-0.05, 0) is 30.7 Å². The molecule has 2 N–H and O–H groups in total. The van der Waals surface area contributed by atoms with Gasteiger partial charge in [-0.1, -0.05) is 23.7 Å². The molecule has 3 nitrogen and oxygen atoms in total. The molecule has 0 fully saturated rings. The number of hydrogen-bond donors (Lipinski definition) is 1. The van der Waals surface area contributed by atoms with Crippen molar-refractivity contribution in [2.75, 3.05) is 0 Å². The predicted octanol–water partition coefficient (Wildman–Crippen LogP) is 2.49. The van der Waals surface area contributed by atoms with Gasteiger partial charge >= 0.3 is 0 Å². The molecule has 17 heavy (non-hydrogen) atoms. The Balaban J connectivity index is 2.24. The molecule has 0 aliphatic heterocycles. The minimum absolute atomic E-state index is 0.459. The average Bonchev–Trinajstić information content (AvgIpc) is 2.63. The van der Waals surface area contributed by atoms with E-state index in [0.717, 1.165) is 11.3 Å². The van der Waals surface area contributed by atoms with Crippen LogP contribution < -0.4 is 5.73 Å². The Bertz CT molecular complexity index is 517. The summed E-state index contributed by atoms with van der Waals surface area (Å²) in [5, 5.41) is 5.06. The second-order valence-corrected chi connectivity index (χ2v) is 5.02. The van der Waals surface area contributed by atoms with E-state index in [-0.39, 0.29) is 0 Å². The maximum Gasteiger partial charge on any atom is 0.0646 e. The maximum atomic E-state index is 6.34. The Labute approximate surface area is 106 Å². The number of nitrogens with zero attached hydrogens (tertiary/aromatic N) is 2. The van der Waals surface area contributed by atoms with Gasteiger partial charge in [0.1, 0.15) is 0 Å². The van der Waals surface area contributed by atoms with Gasteiger partial charge in [0.15, 0.2) is 0 Å². The first-order chi connectivity index (χ1) is 7.97. The number of benzene rings is 1. The fourth-order valence-electron chi connectivity index (χ4n) is 1.88. The van der Waals surface area contributed by atoms with E-state index in [0.29, 0.717) is 11.4 Å². The average molecular weight is 250 g/mol. The predicted molar refractivity (Wildman–Crippen MR) is 69.9 cm³/mol. The van der Waals surface area contributed by atoms with Gasteiger partial charge in [0.25, 0.3) is 0 Å². The van der Waals surface area contributed by atoms with Crippen LogP contribution in [0.2, 0.25) is 5.02 Å². The number of aromatic nitrogens is 2. The molecule has 1 unspecified atom stereocenters. The van der Waals surface area contributed by atoms with Crippen molar-refractivity contribution in [2.45, 2.75) is 18.9 Å². The Morgan fingerprint density at radius 3 is 2.76 bits per heavy atom. The van der Waals surface area contributed by atoms with Crippen LogP contribution >= 0.6 is 11.6 Å². The van der Waals surface area contributed by atoms with Crippen molar-refractivity contribution in [1.29, 1.82) is 0 Å². The highest BCUT2D eigenvalue weighted by atomic mass is 35.5. The third kappa shape index (κ3) is 2.87. The fourth-order valence-corrected chi connectivity index (χ4v) is 2.07. The molecule has 0 saturated carbocycles. The lowest BCUT2D eigenvalue weighted by molar-refractivity contribution is 0.482. The first-order valence-corrected chi connectivity index (χ1v) is 5.89. The van der Waals surface area contributed by atoms with Gasteiger partial charge in [0, 0.05) is 30.2 Å². The minimum Gasteiger partial charge on any atom is -0.321 e. The zero-order chi connectivity index (χ0) is 12.5. The lowest BCUT2D eigenvalue weighted by Gasteiger charge is -2.24. The summed E-state index contributed by atoms with van der Waals surface area (Å²) < 4.78 is 1.78. The minimum atomic E-state index is -0.459. The second kappa shape index (κ2) is 4.51. The largest absolute Gasteiger partial charge is 0.321 e. The smallest absolute Gasteiger partial charge is 0.0646 e. The van der Waals surface area contributed by atoms with Gasteiger partial charge in [-0.15, -0.1) is 0 Å². The van der Waals surface area contributed by atoms with Crippen LogP contribution in [0, 0.1) is 0 Å². The molecule has 1 atom stereocenters. The van der Waals surface area contributed by atoms with E-state index in [2.05, 4.69) is 5.10 Å². The molecule has 1 heterocycles. The molecular formula is C13H16ClN3. The van der Waals surface area contributed by atoms with Crippen LogP contribution in [0.4, 0.5) is 0 Å². The monoisotopic (exact) mass is 249 g/mol. The molecule has 4 heteroatoms. The SMILES string of the molecule is Cn1ccc(CC(C)(N)c2cccc(Cl)c2)n1. The standard InChI is InChI=1S/C13H16ClN3/c1-13(15,9-12-6-7-17(2)16-12)10-4-3-5-11(14)8-10/h3-8H,9,15H2,1-2H3. The van der Waals surface area contributed by atoms with Gasteiger partial charge in [0.05, 0.1) is 5.69 Å². The highest BCUT2D eigenvalue weighted by molar-refractivity contribution is 6.30. The highest BCUT2D eigenvalue weighted by Crippen LogP contribution is 2.24. The zero-order valence-electron chi connectivity index (χ0n) is 10.0. The van der Waals surface area contributed by atoms with Crippen LogP contribution in [0.15, 0.2) is 36.5 Å². The van der Waals surface area contributed by atoms with E-state index in [1.54, 1.807) is 4.68 Å². The summed E-state index contributed by atoms with van der Waals surface area (Å²) in [5.41, 5.74) is 7.89. The Hall–Kier alpha value is -1.32. The Morgan fingerprint density at radius 1 is 1.41 bits per heavy atom. The molecule has 2 aromatic rings. The van der Waals surface area contributed by atoms with E-state index in [4.69, 9.17) is 17.3 Å². The van der Waals surface area contributed by atoms with E-state index >= 15 is 0 Å². The normalized spacial score (nSPS) is 14.6. The van der Waals surface area contributed by atoms with E-state index < -0.39 is 5.54 Å². The zero-order valence-corrected chi connectivity index (χ0v) is 10.8. The van der Waals surface area contributed by atoms with E-state index in [1.165, 1.54) is 0 Å². The summed E-state index contributed by atoms with van der Waals surface area (Å²) in [6.45, 7) is 1.99. The number of aryl methyl sites for hydroxylation is 1. The first-order valence-electron chi connectivity index (χ1n) is 5.51. The number of rotatable bonds is 3. The molecule has 90 valence electrons. The third-order valence-electron chi connectivity index (χ3n) is 2.80. The molecular weight excluding hydrogens is 234 g/mol. The van der Waals surface area contributed by atoms with Gasteiger partial charge in [0.2, 0.25) is 0 Å². The van der Waals surface area contributed by atoms with Crippen LogP contribution in [0.1, 0.15) is 18.2 Å². The summed E-state index contributed by atoms with van der Waals surface area (Å²) in [6.07, 6.45) is 2.61. The highest BCUT2D eigenvalue weighted by Gasteiger charge is 2.23. The molecule has 0 bridgehead atoms. The molecule has 0 spiro atoms. The first kappa shape index (κ1) is 12.1. The van der Waals surface area contributed by atoms with Gasteiger partial charge in [-0.25, -0.2) is 0 Å².